The molecule has 1 saturated heterocycles. The number of carbonyl (C=O) groups is 1. The lowest BCUT2D eigenvalue weighted by molar-refractivity contribution is -0.123. The van der Waals surface area contributed by atoms with Gasteiger partial charge in [-0.3, -0.25) is 9.69 Å². The first-order chi connectivity index (χ1) is 14.2. The van der Waals surface area contributed by atoms with Crippen LogP contribution < -0.4 is 10.1 Å². The van der Waals surface area contributed by atoms with Gasteiger partial charge in [-0.05, 0) is 61.4 Å². The van der Waals surface area contributed by atoms with Crippen LogP contribution in [0, 0.1) is 5.92 Å². The Bertz CT molecular complexity index is 778. The predicted molar refractivity (Wildman–Crippen MR) is 116 cm³/mol. The van der Waals surface area contributed by atoms with E-state index in [1.807, 2.05) is 36.4 Å². The van der Waals surface area contributed by atoms with E-state index < -0.39 is 0 Å². The maximum absolute atomic E-state index is 12.3. The summed E-state index contributed by atoms with van der Waals surface area (Å²) in [6.45, 7) is 2.98. The monoisotopic (exact) mass is 392 g/mol. The van der Waals surface area contributed by atoms with E-state index in [9.17, 15) is 4.79 Å². The molecule has 4 heteroatoms. The third kappa shape index (κ3) is 6.07. The van der Waals surface area contributed by atoms with E-state index >= 15 is 0 Å². The Hall–Kier alpha value is -2.33. The molecule has 1 saturated carbocycles. The van der Waals surface area contributed by atoms with Crippen molar-refractivity contribution in [2.75, 3.05) is 13.1 Å². The Kier molecular flexibility index (Phi) is 6.83. The molecule has 1 aliphatic heterocycles. The van der Waals surface area contributed by atoms with E-state index in [1.165, 1.54) is 31.2 Å². The van der Waals surface area contributed by atoms with E-state index in [4.69, 9.17) is 4.74 Å². The summed E-state index contributed by atoms with van der Waals surface area (Å²) in [5, 5.41) is 3.28. The summed E-state index contributed by atoms with van der Waals surface area (Å²) >= 11 is 0. The van der Waals surface area contributed by atoms with Crippen LogP contribution in [0.5, 0.6) is 11.5 Å². The molecule has 4 rings (SSSR count). The third-order valence-electron chi connectivity index (χ3n) is 6.19. The molecule has 2 fully saturated rings. The van der Waals surface area contributed by atoms with Crippen LogP contribution in [0.25, 0.3) is 0 Å². The lowest BCUT2D eigenvalue weighted by Crippen LogP contribution is -2.44. The average molecular weight is 393 g/mol. The molecule has 2 aromatic carbocycles. The van der Waals surface area contributed by atoms with Gasteiger partial charge in [0.1, 0.15) is 11.5 Å². The number of hydrogen-bond donors (Lipinski definition) is 1. The number of nitrogens with one attached hydrogen (secondary N) is 1. The zero-order valence-corrected chi connectivity index (χ0v) is 17.2. The third-order valence-corrected chi connectivity index (χ3v) is 6.19. The van der Waals surface area contributed by atoms with Crippen molar-refractivity contribution < 1.29 is 9.53 Å². The van der Waals surface area contributed by atoms with Crippen molar-refractivity contribution in [2.24, 2.45) is 5.92 Å². The predicted octanol–water partition coefficient (Wildman–Crippen LogP) is 5.14. The maximum Gasteiger partial charge on any atom is 0.220 e. The number of para-hydroxylation sites is 1. The Labute approximate surface area is 174 Å². The summed E-state index contributed by atoms with van der Waals surface area (Å²) in [4.78, 5) is 14.8. The summed E-state index contributed by atoms with van der Waals surface area (Å²) < 4.78 is 5.96. The first kappa shape index (κ1) is 20.0. The van der Waals surface area contributed by atoms with Gasteiger partial charge in [0.05, 0.1) is 0 Å². The molecule has 1 aliphatic carbocycles. The van der Waals surface area contributed by atoms with Crippen molar-refractivity contribution >= 4 is 5.91 Å². The summed E-state index contributed by atoms with van der Waals surface area (Å²) in [5.41, 5.74) is 1.27. The zero-order chi connectivity index (χ0) is 19.9. The van der Waals surface area contributed by atoms with Gasteiger partial charge in [0, 0.05) is 32.1 Å². The van der Waals surface area contributed by atoms with Crippen LogP contribution in [-0.4, -0.2) is 29.9 Å². The van der Waals surface area contributed by atoms with Gasteiger partial charge in [0.2, 0.25) is 5.91 Å². The largest absolute Gasteiger partial charge is 0.457 e. The van der Waals surface area contributed by atoms with Crippen molar-refractivity contribution in [3.63, 3.8) is 0 Å². The van der Waals surface area contributed by atoms with E-state index in [-0.39, 0.29) is 5.91 Å². The Morgan fingerprint density at radius 1 is 0.931 bits per heavy atom. The van der Waals surface area contributed by atoms with Gasteiger partial charge in [-0.1, -0.05) is 43.2 Å². The van der Waals surface area contributed by atoms with Crippen LogP contribution in [-0.2, 0) is 11.3 Å². The number of ether oxygens (including phenoxy) is 1. The number of benzene rings is 2. The Morgan fingerprint density at radius 2 is 1.66 bits per heavy atom. The van der Waals surface area contributed by atoms with Crippen LogP contribution in [0.4, 0.5) is 0 Å². The first-order valence-corrected chi connectivity index (χ1v) is 11.1. The van der Waals surface area contributed by atoms with Crippen molar-refractivity contribution in [1.29, 1.82) is 0 Å². The van der Waals surface area contributed by atoms with Gasteiger partial charge in [0.25, 0.3) is 0 Å². The van der Waals surface area contributed by atoms with Crippen molar-refractivity contribution in [2.45, 2.75) is 57.5 Å². The topological polar surface area (TPSA) is 41.6 Å². The molecule has 1 N–H and O–H groups in total. The van der Waals surface area contributed by atoms with Gasteiger partial charge in [0.15, 0.2) is 0 Å². The molecular formula is C25H32N2O2. The molecule has 0 bridgehead atoms. The van der Waals surface area contributed by atoms with E-state index in [0.29, 0.717) is 12.0 Å². The minimum Gasteiger partial charge on any atom is -0.457 e. The molecule has 0 spiro atoms. The lowest BCUT2D eigenvalue weighted by atomic mass is 10.0. The molecule has 4 nitrogen and oxygen atoms in total. The fourth-order valence-corrected chi connectivity index (χ4v) is 4.59. The molecule has 0 radical (unpaired) electrons. The highest BCUT2D eigenvalue weighted by Crippen LogP contribution is 2.27. The fourth-order valence-electron chi connectivity index (χ4n) is 4.59. The zero-order valence-electron chi connectivity index (χ0n) is 17.2. The second kappa shape index (κ2) is 9.93. The number of nitrogens with zero attached hydrogens (tertiary/aromatic N) is 1. The minimum absolute atomic E-state index is 0.265. The molecule has 1 amide bonds. The summed E-state index contributed by atoms with van der Waals surface area (Å²) in [5.74, 6) is 2.63. The van der Waals surface area contributed by atoms with Crippen LogP contribution in [0.15, 0.2) is 54.6 Å². The van der Waals surface area contributed by atoms with Gasteiger partial charge < -0.3 is 10.1 Å². The molecule has 2 aliphatic rings. The molecule has 29 heavy (non-hydrogen) atoms. The van der Waals surface area contributed by atoms with Crippen molar-refractivity contribution in [1.82, 2.24) is 10.2 Å². The average Bonchev–Trinajstić information content (AvgIpc) is 3.23. The second-order valence-corrected chi connectivity index (χ2v) is 8.54. The number of amides is 1. The van der Waals surface area contributed by atoms with Crippen LogP contribution >= 0.6 is 0 Å². The second-order valence-electron chi connectivity index (χ2n) is 8.54. The summed E-state index contributed by atoms with van der Waals surface area (Å²) in [7, 11) is 0. The number of carbonyl (C=O) groups excluding carboxylic acids is 1. The van der Waals surface area contributed by atoms with E-state index in [1.54, 1.807) is 0 Å². The van der Waals surface area contributed by atoms with Crippen molar-refractivity contribution in [3.05, 3.63) is 60.2 Å². The number of hydrogen-bond acceptors (Lipinski definition) is 3. The molecule has 0 aromatic heterocycles. The minimum atomic E-state index is 0.265. The van der Waals surface area contributed by atoms with Gasteiger partial charge in [-0.25, -0.2) is 0 Å². The normalized spacial score (nSPS) is 18.6. The van der Waals surface area contributed by atoms with E-state index in [2.05, 4.69) is 28.4 Å². The van der Waals surface area contributed by atoms with E-state index in [0.717, 1.165) is 50.4 Å². The number of piperidine rings is 1. The number of likely N-dealkylation sites (tertiary alicyclic amines) is 1. The fraction of sp³-hybridized carbons (Fsp3) is 0.480. The molecule has 1 heterocycles. The molecular weight excluding hydrogens is 360 g/mol. The lowest BCUT2D eigenvalue weighted by Gasteiger charge is -2.32. The smallest absolute Gasteiger partial charge is 0.220 e. The summed E-state index contributed by atoms with van der Waals surface area (Å²) in [6.07, 6.45) is 7.88. The van der Waals surface area contributed by atoms with Crippen molar-refractivity contribution in [3.8, 4) is 11.5 Å². The van der Waals surface area contributed by atoms with Crippen LogP contribution in [0.1, 0.15) is 50.5 Å². The number of rotatable bonds is 7. The van der Waals surface area contributed by atoms with Crippen LogP contribution in [0.2, 0.25) is 0 Å². The highest BCUT2D eigenvalue weighted by molar-refractivity contribution is 5.76. The Balaban J connectivity index is 1.22. The maximum atomic E-state index is 12.3. The molecule has 0 atom stereocenters. The van der Waals surface area contributed by atoms with Gasteiger partial charge in [-0.15, -0.1) is 0 Å². The van der Waals surface area contributed by atoms with Gasteiger partial charge in [-0.2, -0.15) is 0 Å². The molecule has 154 valence electrons. The highest BCUT2D eigenvalue weighted by Gasteiger charge is 2.23. The van der Waals surface area contributed by atoms with Gasteiger partial charge >= 0.3 is 0 Å². The SMILES string of the molecule is O=C(CC1CCCC1)NC1CCN(Cc2cccc(Oc3ccccc3)c2)CC1. The van der Waals surface area contributed by atoms with Crippen LogP contribution in [0.3, 0.4) is 0 Å². The molecule has 0 unspecified atom stereocenters. The summed E-state index contributed by atoms with van der Waals surface area (Å²) in [6, 6.07) is 18.6. The molecule has 2 aromatic rings. The first-order valence-electron chi connectivity index (χ1n) is 11.1. The Morgan fingerprint density at radius 3 is 2.41 bits per heavy atom. The quantitative estimate of drug-likeness (QED) is 0.709. The standard InChI is InChI=1S/C25H32N2O2/c28-25(18-20-7-4-5-8-20)26-22-13-15-27(16-14-22)19-21-9-6-12-24(17-21)29-23-10-2-1-3-11-23/h1-3,6,9-12,17,20,22H,4-5,7-8,13-16,18-19H2,(H,26,28). The highest BCUT2D eigenvalue weighted by atomic mass is 16.5.